The van der Waals surface area contributed by atoms with Gasteiger partial charge in [-0.1, -0.05) is 6.07 Å². The Morgan fingerprint density at radius 1 is 1.27 bits per heavy atom. The fraction of sp³-hybridized carbons (Fsp3) is 0.455. The SMILES string of the molecule is NCCc1ccc2c(c1F)OCCCO2. The first kappa shape index (κ1) is 10.2. The normalized spacial score (nSPS) is 14.8. The molecule has 0 aromatic heterocycles. The van der Waals surface area contributed by atoms with Gasteiger partial charge in [0.2, 0.25) is 0 Å². The smallest absolute Gasteiger partial charge is 0.197 e. The van der Waals surface area contributed by atoms with E-state index in [1.165, 1.54) is 0 Å². The summed E-state index contributed by atoms with van der Waals surface area (Å²) in [5.41, 5.74) is 5.98. The van der Waals surface area contributed by atoms with Crippen LogP contribution in [0.5, 0.6) is 11.5 Å². The van der Waals surface area contributed by atoms with Crippen LogP contribution < -0.4 is 15.2 Å². The van der Waals surface area contributed by atoms with Crippen LogP contribution in [0.2, 0.25) is 0 Å². The lowest BCUT2D eigenvalue weighted by Gasteiger charge is -2.10. The predicted octanol–water partition coefficient (Wildman–Crippen LogP) is 1.49. The van der Waals surface area contributed by atoms with Crippen molar-refractivity contribution in [1.82, 2.24) is 0 Å². The Kier molecular flexibility index (Phi) is 3.06. The molecule has 0 saturated carbocycles. The van der Waals surface area contributed by atoms with Gasteiger partial charge in [0.1, 0.15) is 0 Å². The number of fused-ring (bicyclic) bond motifs is 1. The summed E-state index contributed by atoms with van der Waals surface area (Å²) < 4.78 is 24.6. The van der Waals surface area contributed by atoms with Crippen molar-refractivity contribution in [3.8, 4) is 11.5 Å². The van der Waals surface area contributed by atoms with Crippen LogP contribution in [0.1, 0.15) is 12.0 Å². The molecule has 3 nitrogen and oxygen atoms in total. The quantitative estimate of drug-likeness (QED) is 0.806. The third-order valence-corrected chi connectivity index (χ3v) is 2.35. The molecule has 1 aromatic carbocycles. The molecule has 0 amide bonds. The summed E-state index contributed by atoms with van der Waals surface area (Å²) in [6.45, 7) is 1.50. The Balaban J connectivity index is 2.36. The van der Waals surface area contributed by atoms with Crippen LogP contribution in [0.3, 0.4) is 0 Å². The largest absolute Gasteiger partial charge is 0.489 e. The van der Waals surface area contributed by atoms with Gasteiger partial charge in [-0.3, -0.25) is 0 Å². The maximum atomic E-state index is 13.9. The van der Waals surface area contributed by atoms with Gasteiger partial charge >= 0.3 is 0 Å². The molecule has 1 heterocycles. The van der Waals surface area contributed by atoms with E-state index in [-0.39, 0.29) is 11.6 Å². The lowest BCUT2D eigenvalue weighted by Crippen LogP contribution is -2.06. The lowest BCUT2D eigenvalue weighted by atomic mass is 10.1. The molecule has 0 saturated heterocycles. The van der Waals surface area contributed by atoms with Crippen LogP contribution in [-0.4, -0.2) is 19.8 Å². The topological polar surface area (TPSA) is 44.5 Å². The van der Waals surface area contributed by atoms with Crippen molar-refractivity contribution in [2.75, 3.05) is 19.8 Å². The van der Waals surface area contributed by atoms with Crippen LogP contribution in [0.15, 0.2) is 12.1 Å². The van der Waals surface area contributed by atoms with Crippen LogP contribution in [0.25, 0.3) is 0 Å². The summed E-state index contributed by atoms with van der Waals surface area (Å²) in [5, 5.41) is 0. The maximum Gasteiger partial charge on any atom is 0.197 e. The van der Waals surface area contributed by atoms with Crippen molar-refractivity contribution in [1.29, 1.82) is 0 Å². The average molecular weight is 211 g/mol. The molecule has 1 aliphatic heterocycles. The molecule has 2 rings (SSSR count). The van der Waals surface area contributed by atoms with Crippen LogP contribution in [0, 0.1) is 5.82 Å². The zero-order valence-electron chi connectivity index (χ0n) is 8.46. The Hall–Kier alpha value is -1.29. The van der Waals surface area contributed by atoms with Crippen molar-refractivity contribution in [3.05, 3.63) is 23.5 Å². The highest BCUT2D eigenvalue weighted by molar-refractivity contribution is 5.45. The van der Waals surface area contributed by atoms with Crippen LogP contribution in [-0.2, 0) is 6.42 Å². The molecule has 0 unspecified atom stereocenters. The summed E-state index contributed by atoms with van der Waals surface area (Å²) in [7, 11) is 0. The number of ether oxygens (including phenoxy) is 2. The summed E-state index contributed by atoms with van der Waals surface area (Å²) in [4.78, 5) is 0. The fourth-order valence-corrected chi connectivity index (χ4v) is 1.59. The molecular weight excluding hydrogens is 197 g/mol. The molecule has 0 atom stereocenters. The molecular formula is C11H14FNO2. The number of halogens is 1. The van der Waals surface area contributed by atoms with E-state index in [9.17, 15) is 4.39 Å². The minimum Gasteiger partial charge on any atom is -0.489 e. The molecule has 0 bridgehead atoms. The zero-order chi connectivity index (χ0) is 10.7. The number of hydrogen-bond acceptors (Lipinski definition) is 3. The molecule has 4 heteroatoms. The zero-order valence-corrected chi connectivity index (χ0v) is 8.46. The van der Waals surface area contributed by atoms with Crippen LogP contribution >= 0.6 is 0 Å². The number of hydrogen-bond donors (Lipinski definition) is 1. The van der Waals surface area contributed by atoms with E-state index in [0.29, 0.717) is 37.5 Å². The molecule has 1 aliphatic rings. The summed E-state index contributed by atoms with van der Waals surface area (Å²) in [6.07, 6.45) is 1.29. The van der Waals surface area contributed by atoms with Crippen molar-refractivity contribution < 1.29 is 13.9 Å². The van der Waals surface area contributed by atoms with Crippen molar-refractivity contribution in [2.45, 2.75) is 12.8 Å². The standard InChI is InChI=1S/C11H14FNO2/c12-10-8(4-5-13)2-3-9-11(10)15-7-1-6-14-9/h2-3H,1,4-7,13H2. The second kappa shape index (κ2) is 4.49. The van der Waals surface area contributed by atoms with E-state index in [2.05, 4.69) is 0 Å². The third-order valence-electron chi connectivity index (χ3n) is 2.35. The van der Waals surface area contributed by atoms with Gasteiger partial charge in [0.05, 0.1) is 13.2 Å². The van der Waals surface area contributed by atoms with Gasteiger partial charge in [-0.25, -0.2) is 4.39 Å². The number of nitrogens with two attached hydrogens (primary N) is 1. The first-order valence-electron chi connectivity index (χ1n) is 5.10. The molecule has 2 N–H and O–H groups in total. The van der Waals surface area contributed by atoms with E-state index in [1.807, 2.05) is 0 Å². The highest BCUT2D eigenvalue weighted by atomic mass is 19.1. The molecule has 1 aromatic rings. The molecule has 0 fully saturated rings. The summed E-state index contributed by atoms with van der Waals surface area (Å²) in [5.74, 6) is 0.393. The second-order valence-corrected chi connectivity index (χ2v) is 3.46. The van der Waals surface area contributed by atoms with Gasteiger partial charge in [0, 0.05) is 6.42 Å². The van der Waals surface area contributed by atoms with Crippen molar-refractivity contribution in [2.24, 2.45) is 5.73 Å². The molecule has 82 valence electrons. The van der Waals surface area contributed by atoms with Crippen molar-refractivity contribution >= 4 is 0 Å². The second-order valence-electron chi connectivity index (χ2n) is 3.46. The molecule has 0 radical (unpaired) electrons. The van der Waals surface area contributed by atoms with E-state index in [0.717, 1.165) is 6.42 Å². The predicted molar refractivity (Wildman–Crippen MR) is 54.8 cm³/mol. The number of benzene rings is 1. The van der Waals surface area contributed by atoms with Gasteiger partial charge in [-0.2, -0.15) is 0 Å². The first-order valence-corrected chi connectivity index (χ1v) is 5.10. The fourth-order valence-electron chi connectivity index (χ4n) is 1.59. The third kappa shape index (κ3) is 2.04. The van der Waals surface area contributed by atoms with E-state index in [1.54, 1.807) is 12.1 Å². The van der Waals surface area contributed by atoms with E-state index < -0.39 is 0 Å². The number of rotatable bonds is 2. The van der Waals surface area contributed by atoms with Crippen LogP contribution in [0.4, 0.5) is 4.39 Å². The van der Waals surface area contributed by atoms with Gasteiger partial charge in [0.15, 0.2) is 17.3 Å². The molecule has 0 aliphatic carbocycles. The minimum absolute atomic E-state index is 0.235. The van der Waals surface area contributed by atoms with Gasteiger partial charge in [0.25, 0.3) is 0 Å². The lowest BCUT2D eigenvalue weighted by molar-refractivity contribution is 0.291. The van der Waals surface area contributed by atoms with Crippen molar-refractivity contribution in [3.63, 3.8) is 0 Å². The maximum absolute atomic E-state index is 13.9. The highest BCUT2D eigenvalue weighted by Crippen LogP contribution is 2.34. The van der Waals surface area contributed by atoms with E-state index in [4.69, 9.17) is 15.2 Å². The minimum atomic E-state index is -0.333. The molecule has 0 spiro atoms. The van der Waals surface area contributed by atoms with Gasteiger partial charge in [-0.15, -0.1) is 0 Å². The Morgan fingerprint density at radius 3 is 2.87 bits per heavy atom. The van der Waals surface area contributed by atoms with Gasteiger partial charge in [-0.05, 0) is 24.6 Å². The first-order chi connectivity index (χ1) is 7.33. The monoisotopic (exact) mass is 211 g/mol. The highest BCUT2D eigenvalue weighted by Gasteiger charge is 2.17. The van der Waals surface area contributed by atoms with E-state index >= 15 is 0 Å². The molecule has 15 heavy (non-hydrogen) atoms. The Bertz CT molecular complexity index is 355. The van der Waals surface area contributed by atoms with Gasteiger partial charge < -0.3 is 15.2 Å². The Morgan fingerprint density at radius 2 is 2.07 bits per heavy atom. The summed E-state index contributed by atoms with van der Waals surface area (Å²) in [6, 6.07) is 3.45. The Labute approximate surface area is 88.0 Å². The summed E-state index contributed by atoms with van der Waals surface area (Å²) >= 11 is 0. The average Bonchev–Trinajstić information content (AvgIpc) is 2.48.